The highest BCUT2D eigenvalue weighted by Crippen LogP contribution is 2.16. The molecule has 1 aromatic carbocycles. The number of pyridine rings is 1. The summed E-state index contributed by atoms with van der Waals surface area (Å²) in [6.45, 7) is -0.521. The minimum Gasteiger partial charge on any atom is -0.494 e. The zero-order valence-electron chi connectivity index (χ0n) is 15.0. The molecule has 1 aromatic heterocycles. The molecule has 0 bridgehead atoms. The van der Waals surface area contributed by atoms with Gasteiger partial charge in [-0.2, -0.15) is 0 Å². The van der Waals surface area contributed by atoms with Crippen molar-refractivity contribution >= 4 is 0 Å². The summed E-state index contributed by atoms with van der Waals surface area (Å²) in [5.74, 6) is 0.570. The van der Waals surface area contributed by atoms with Crippen molar-refractivity contribution in [2.24, 2.45) is 0 Å². The van der Waals surface area contributed by atoms with Crippen LogP contribution in [0.25, 0.3) is 5.69 Å². The van der Waals surface area contributed by atoms with Crippen LogP contribution < -0.4 is 10.3 Å². The van der Waals surface area contributed by atoms with Gasteiger partial charge in [-0.3, -0.25) is 9.36 Å². The minimum atomic E-state index is -2.83. The fourth-order valence-corrected chi connectivity index (χ4v) is 1.65. The quantitative estimate of drug-likeness (QED) is 0.833. The number of nitrogens with zero attached hydrogens (tertiary/aromatic N) is 1. The molecule has 3 heteroatoms. The fraction of sp³-hybridized carbons (Fsp3) is 0.267. The molecule has 0 N–H and O–H groups in total. The van der Waals surface area contributed by atoms with Gasteiger partial charge in [-0.1, -0.05) is 19.0 Å². The van der Waals surface area contributed by atoms with Crippen LogP contribution in [-0.4, -0.2) is 11.2 Å². The molecule has 0 saturated heterocycles. The molecule has 0 radical (unpaired) electrons. The largest absolute Gasteiger partial charge is 0.494 e. The zero-order chi connectivity index (χ0) is 17.3. The maximum Gasteiger partial charge on any atom is 0.255 e. The third-order valence-electron chi connectivity index (χ3n) is 2.46. The van der Waals surface area contributed by atoms with Crippen LogP contribution in [0.4, 0.5) is 0 Å². The molecule has 18 heavy (non-hydrogen) atoms. The number of aryl methyl sites for hydroxylation is 1. The third-order valence-corrected chi connectivity index (χ3v) is 2.46. The Morgan fingerprint density at radius 2 is 2.28 bits per heavy atom. The lowest BCUT2D eigenvalue weighted by molar-refractivity contribution is 0.340. The number of ether oxygens (including phenoxy) is 1. The highest BCUT2D eigenvalue weighted by Gasteiger charge is 2.02. The third kappa shape index (κ3) is 2.62. The van der Waals surface area contributed by atoms with Crippen molar-refractivity contribution in [1.29, 1.82) is 0 Å². The highest BCUT2D eigenvalue weighted by atomic mass is 16.5. The molecule has 2 rings (SSSR count). The highest BCUT2D eigenvalue weighted by molar-refractivity contribution is 5.40. The van der Waals surface area contributed by atoms with Gasteiger partial charge in [-0.05, 0) is 31.0 Å². The number of hydrogen-bond donors (Lipinski definition) is 0. The number of rotatable bonds is 4. The summed E-state index contributed by atoms with van der Waals surface area (Å²) in [6.07, 6.45) is -1.33. The molecule has 1 heterocycles. The Hall–Kier alpha value is -2.03. The Morgan fingerprint density at radius 1 is 1.39 bits per heavy atom. The first-order valence-corrected chi connectivity index (χ1v) is 5.63. The van der Waals surface area contributed by atoms with E-state index in [1.54, 1.807) is 24.3 Å². The van der Waals surface area contributed by atoms with E-state index in [1.165, 1.54) is 16.8 Å². The van der Waals surface area contributed by atoms with Gasteiger partial charge in [-0.15, -0.1) is 0 Å². The van der Waals surface area contributed by atoms with Crippen LogP contribution >= 0.6 is 0 Å². The maximum absolute atomic E-state index is 12.1. The molecule has 0 fully saturated rings. The van der Waals surface area contributed by atoms with E-state index in [0.717, 1.165) is 6.07 Å². The Kier molecular flexibility index (Phi) is 2.28. The van der Waals surface area contributed by atoms with Crippen LogP contribution in [0.15, 0.2) is 47.4 Å². The molecular weight excluding hydrogens is 226 g/mol. The summed E-state index contributed by atoms with van der Waals surface area (Å²) in [7, 11) is 0. The van der Waals surface area contributed by atoms with Crippen LogP contribution in [0.3, 0.4) is 0 Å². The Labute approximate surface area is 114 Å². The van der Waals surface area contributed by atoms with Gasteiger partial charge in [0.1, 0.15) is 5.75 Å². The Balaban J connectivity index is 2.55. The summed E-state index contributed by atoms with van der Waals surface area (Å²) in [5, 5.41) is 0. The number of benzene rings is 1. The molecule has 0 aliphatic heterocycles. The summed E-state index contributed by atoms with van der Waals surface area (Å²) in [5.41, 5.74) is 0.00629. The lowest BCUT2D eigenvalue weighted by Gasteiger charge is -2.09. The average molecular weight is 248 g/mol. The molecule has 94 valence electrons. The van der Waals surface area contributed by atoms with Crippen LogP contribution in [0.1, 0.15) is 26.2 Å². The maximum atomic E-state index is 12.1. The standard InChI is InChI=1S/C15H17NO2/c1-3-12-8-9-15(17)16(11-12)13-6-5-7-14(10-13)18-4-2/h5-11H,3-4H2,1-2H3/i1D3,3D2. The topological polar surface area (TPSA) is 31.2 Å². The van der Waals surface area contributed by atoms with Crippen molar-refractivity contribution in [2.75, 3.05) is 6.61 Å². The van der Waals surface area contributed by atoms with E-state index in [2.05, 4.69) is 0 Å². The first-order valence-electron chi connectivity index (χ1n) is 8.13. The van der Waals surface area contributed by atoms with Crippen LogP contribution in [0.2, 0.25) is 0 Å². The fourth-order valence-electron chi connectivity index (χ4n) is 1.65. The zero-order valence-corrected chi connectivity index (χ0v) is 10.0. The molecule has 0 aliphatic carbocycles. The van der Waals surface area contributed by atoms with Gasteiger partial charge in [-0.25, -0.2) is 0 Å². The van der Waals surface area contributed by atoms with E-state index in [-0.39, 0.29) is 11.1 Å². The SMILES string of the molecule is [2H]C([2H])([2H])C([2H])([2H])c1ccc(=O)n(-c2cccc(OCC)c2)c1. The van der Waals surface area contributed by atoms with Gasteiger partial charge < -0.3 is 4.74 Å². The lowest BCUT2D eigenvalue weighted by atomic mass is 10.2. The molecular formula is C15H17NO2. The van der Waals surface area contributed by atoms with Crippen LogP contribution in [0, 0.1) is 0 Å². The number of aromatic nitrogens is 1. The molecule has 0 amide bonds. The molecule has 0 atom stereocenters. The van der Waals surface area contributed by atoms with E-state index in [9.17, 15) is 4.79 Å². The molecule has 0 spiro atoms. The predicted octanol–water partition coefficient (Wildman–Crippen LogP) is 2.80. The first-order chi connectivity index (χ1) is 10.7. The molecule has 2 aromatic rings. The van der Waals surface area contributed by atoms with Crippen molar-refractivity contribution < 1.29 is 11.6 Å². The molecule has 3 nitrogen and oxygen atoms in total. The van der Waals surface area contributed by atoms with Crippen molar-refractivity contribution in [3.63, 3.8) is 0 Å². The van der Waals surface area contributed by atoms with Gasteiger partial charge in [0.2, 0.25) is 0 Å². The first kappa shape index (κ1) is 7.41. The minimum absolute atomic E-state index is 0.0843. The van der Waals surface area contributed by atoms with Crippen molar-refractivity contribution in [3.05, 3.63) is 58.5 Å². The summed E-state index contributed by atoms with van der Waals surface area (Å²) < 4.78 is 44.3. The molecule has 0 saturated carbocycles. The van der Waals surface area contributed by atoms with E-state index >= 15 is 0 Å². The lowest BCUT2D eigenvalue weighted by Crippen LogP contribution is -2.17. The summed E-state index contributed by atoms with van der Waals surface area (Å²) in [4.78, 5) is 12.1. The smallest absolute Gasteiger partial charge is 0.255 e. The van der Waals surface area contributed by atoms with E-state index in [4.69, 9.17) is 11.6 Å². The van der Waals surface area contributed by atoms with Crippen molar-refractivity contribution in [2.45, 2.75) is 20.1 Å². The monoisotopic (exact) mass is 248 g/mol. The second-order valence-corrected chi connectivity index (χ2v) is 3.68. The molecule has 0 unspecified atom stereocenters. The Bertz CT molecular complexity index is 752. The summed E-state index contributed by atoms with van der Waals surface area (Å²) >= 11 is 0. The van der Waals surface area contributed by atoms with E-state index in [0.29, 0.717) is 18.0 Å². The molecule has 0 aliphatic rings. The Morgan fingerprint density at radius 3 is 3.06 bits per heavy atom. The summed E-state index contributed by atoms with van der Waals surface area (Å²) in [6, 6.07) is 9.11. The van der Waals surface area contributed by atoms with E-state index < -0.39 is 13.2 Å². The van der Waals surface area contributed by atoms with Crippen molar-refractivity contribution in [3.8, 4) is 11.4 Å². The van der Waals surface area contributed by atoms with Gasteiger partial charge in [0.25, 0.3) is 5.56 Å². The van der Waals surface area contributed by atoms with Crippen LogP contribution in [0.5, 0.6) is 5.75 Å². The van der Waals surface area contributed by atoms with Crippen LogP contribution in [-0.2, 0) is 6.37 Å². The van der Waals surface area contributed by atoms with Gasteiger partial charge in [0.05, 0.1) is 12.3 Å². The average Bonchev–Trinajstić information content (AvgIpc) is 2.47. The number of hydrogen-bond acceptors (Lipinski definition) is 2. The van der Waals surface area contributed by atoms with E-state index in [1.807, 2.05) is 6.92 Å². The van der Waals surface area contributed by atoms with Gasteiger partial charge in [0, 0.05) is 25.2 Å². The second-order valence-electron chi connectivity index (χ2n) is 3.68. The normalized spacial score (nSPS) is 15.9. The second kappa shape index (κ2) is 5.54. The van der Waals surface area contributed by atoms with Gasteiger partial charge in [0.15, 0.2) is 0 Å². The van der Waals surface area contributed by atoms with Gasteiger partial charge >= 0.3 is 0 Å². The van der Waals surface area contributed by atoms with Crippen molar-refractivity contribution in [1.82, 2.24) is 4.57 Å². The predicted molar refractivity (Wildman–Crippen MR) is 72.6 cm³/mol.